The summed E-state index contributed by atoms with van der Waals surface area (Å²) < 4.78 is 0. The normalized spacial score (nSPS) is 18.1. The average molecular weight is 119 g/mol. The number of hydrogen-bond acceptors (Lipinski definition) is 2. The van der Waals surface area contributed by atoms with Crippen LogP contribution in [0.25, 0.3) is 0 Å². The fourth-order valence-corrected chi connectivity index (χ4v) is 0.418. The van der Waals surface area contributed by atoms with Gasteiger partial charge in [-0.25, -0.2) is 0 Å². The quantitative estimate of drug-likeness (QED) is 0.487. The molecule has 2 atom stereocenters. The molecule has 0 spiro atoms. The zero-order valence-corrected chi connectivity index (χ0v) is 5.26. The molecule has 0 bridgehead atoms. The summed E-state index contributed by atoms with van der Waals surface area (Å²) in [6.07, 6.45) is -0.461. The summed E-state index contributed by atoms with van der Waals surface area (Å²) in [5, 5.41) is 8.63. The van der Waals surface area contributed by atoms with Crippen LogP contribution < -0.4 is 5.73 Å². The monoisotopic (exact) mass is 119 g/mol. The second-order valence-corrected chi connectivity index (χ2v) is 1.82. The van der Waals surface area contributed by atoms with Crippen LogP contribution in [-0.4, -0.2) is 23.0 Å². The van der Waals surface area contributed by atoms with Crippen LogP contribution in [0.4, 0.5) is 0 Å². The maximum Gasteiger partial charge on any atom is 0.0702 e. The molecular weight excluding hydrogens is 109 g/mol. The van der Waals surface area contributed by atoms with Gasteiger partial charge in [-0.1, -0.05) is 0 Å². The summed E-state index contributed by atoms with van der Waals surface area (Å²) in [6, 6.07) is -0.253. The van der Waals surface area contributed by atoms with Crippen LogP contribution in [0.5, 0.6) is 0 Å². The van der Waals surface area contributed by atoms with Gasteiger partial charge in [-0.2, -0.15) is 0 Å². The Hall–Kier alpha value is 0.0900. The largest absolute Gasteiger partial charge is 0.391 e. The first-order valence-electron chi connectivity index (χ1n) is 2.12. The number of aliphatic hydroxyl groups excluding tert-OH is 1. The summed E-state index contributed by atoms with van der Waals surface area (Å²) in [5.41, 5.74) is 5.26. The maximum atomic E-state index is 8.63. The van der Waals surface area contributed by atoms with Crippen LogP contribution in [-0.2, 0) is 0 Å². The first kappa shape index (κ1) is 7.09. The van der Waals surface area contributed by atoms with Crippen LogP contribution in [0.1, 0.15) is 6.92 Å². The lowest BCUT2D eigenvalue weighted by molar-refractivity contribution is 0.188. The minimum absolute atomic E-state index is 0.253. The standard InChI is InChI=1S/C4H10NOP/c1-3(6)4(5)2-7/h2-4,6-7H,5H2,1H3/t3-,4-/m0/s1. The van der Waals surface area contributed by atoms with Crippen LogP contribution in [0.2, 0.25) is 0 Å². The third kappa shape index (κ3) is 2.75. The molecule has 42 valence electrons. The molecule has 0 aliphatic rings. The molecule has 3 N–H and O–H groups in total. The first-order chi connectivity index (χ1) is 3.18. The van der Waals surface area contributed by atoms with Crippen molar-refractivity contribution in [1.82, 2.24) is 0 Å². The maximum absolute atomic E-state index is 8.63. The molecule has 0 saturated heterocycles. The highest BCUT2D eigenvalue weighted by Gasteiger charge is 2.01. The Bertz CT molecular complexity index is 64.7. The van der Waals surface area contributed by atoms with Crippen molar-refractivity contribution in [3.05, 3.63) is 0 Å². The van der Waals surface area contributed by atoms with E-state index in [1.165, 1.54) is 0 Å². The summed E-state index contributed by atoms with van der Waals surface area (Å²) >= 11 is 0. The molecule has 0 aromatic carbocycles. The lowest BCUT2D eigenvalue weighted by Crippen LogP contribution is -2.32. The molecule has 2 nitrogen and oxygen atoms in total. The molecule has 0 saturated carbocycles. The first-order valence-corrected chi connectivity index (χ1v) is 2.70. The van der Waals surface area contributed by atoms with Crippen molar-refractivity contribution >= 4 is 14.7 Å². The zero-order valence-electron chi connectivity index (χ0n) is 4.26. The number of rotatable bonds is 2. The van der Waals surface area contributed by atoms with Crippen molar-refractivity contribution in [2.45, 2.75) is 19.1 Å². The van der Waals surface area contributed by atoms with E-state index in [1.54, 1.807) is 12.7 Å². The summed E-state index contributed by atoms with van der Waals surface area (Å²) in [7, 11) is 3.05. The molecule has 0 aliphatic heterocycles. The Morgan fingerprint density at radius 1 is 1.86 bits per heavy atom. The average Bonchev–Trinajstić information content (AvgIpc) is 1.65. The van der Waals surface area contributed by atoms with Crippen molar-refractivity contribution in [1.29, 1.82) is 0 Å². The third-order valence-corrected chi connectivity index (χ3v) is 1.13. The van der Waals surface area contributed by atoms with Crippen LogP contribution >= 0.6 is 8.86 Å². The van der Waals surface area contributed by atoms with Crippen LogP contribution in [0, 0.1) is 0 Å². The Kier molecular flexibility index (Phi) is 3.18. The highest BCUT2D eigenvalue weighted by atomic mass is 31.0. The van der Waals surface area contributed by atoms with Gasteiger partial charge in [0.25, 0.3) is 0 Å². The van der Waals surface area contributed by atoms with Crippen LogP contribution in [0.15, 0.2) is 0 Å². The predicted molar refractivity (Wildman–Crippen MR) is 34.0 cm³/mol. The molecule has 0 amide bonds. The third-order valence-electron chi connectivity index (χ3n) is 0.749. The molecule has 0 rings (SSSR count). The molecule has 0 aliphatic carbocycles. The summed E-state index contributed by atoms with van der Waals surface area (Å²) in [4.78, 5) is 0. The topological polar surface area (TPSA) is 46.2 Å². The van der Waals surface area contributed by atoms with E-state index < -0.39 is 6.10 Å². The predicted octanol–water partition coefficient (Wildman–Crippen LogP) is -0.360. The van der Waals surface area contributed by atoms with E-state index in [9.17, 15) is 0 Å². The van der Waals surface area contributed by atoms with E-state index in [-0.39, 0.29) is 6.04 Å². The lowest BCUT2D eigenvalue weighted by Gasteiger charge is -2.06. The SMILES string of the molecule is C[C@H](O)[C@@H](N)C=P. The van der Waals surface area contributed by atoms with Crippen molar-refractivity contribution < 1.29 is 5.11 Å². The van der Waals surface area contributed by atoms with Crippen molar-refractivity contribution in [3.63, 3.8) is 0 Å². The summed E-state index contributed by atoms with van der Waals surface area (Å²) in [5.74, 6) is 1.57. The van der Waals surface area contributed by atoms with Gasteiger partial charge in [0.2, 0.25) is 0 Å². The fourth-order valence-electron chi connectivity index (χ4n) is 0.139. The van der Waals surface area contributed by atoms with E-state index in [0.29, 0.717) is 0 Å². The van der Waals surface area contributed by atoms with E-state index >= 15 is 0 Å². The lowest BCUT2D eigenvalue weighted by atomic mass is 10.2. The van der Waals surface area contributed by atoms with Gasteiger partial charge in [0, 0.05) is 0 Å². The molecule has 3 heteroatoms. The smallest absolute Gasteiger partial charge is 0.0702 e. The van der Waals surface area contributed by atoms with Gasteiger partial charge >= 0.3 is 0 Å². The molecule has 0 radical (unpaired) electrons. The molecule has 0 unspecified atom stereocenters. The Labute approximate surface area is 45.6 Å². The van der Waals surface area contributed by atoms with Crippen LogP contribution in [0.3, 0.4) is 0 Å². The zero-order chi connectivity index (χ0) is 5.86. The van der Waals surface area contributed by atoms with Gasteiger partial charge in [-0.3, -0.25) is 0 Å². The molecule has 0 heterocycles. The second kappa shape index (κ2) is 3.14. The van der Waals surface area contributed by atoms with Crippen molar-refractivity contribution in [2.75, 3.05) is 0 Å². The number of aliphatic hydroxyl groups is 1. The second-order valence-electron chi connectivity index (χ2n) is 1.48. The highest BCUT2D eigenvalue weighted by Crippen LogP contribution is 1.83. The molecule has 0 fully saturated rings. The van der Waals surface area contributed by atoms with E-state index in [1.807, 2.05) is 0 Å². The Balaban J connectivity index is 3.33. The van der Waals surface area contributed by atoms with E-state index in [0.717, 1.165) is 0 Å². The summed E-state index contributed by atoms with van der Waals surface area (Å²) in [6.45, 7) is 1.64. The van der Waals surface area contributed by atoms with Gasteiger partial charge in [-0.15, -0.1) is 8.86 Å². The number of hydrogen-bond donors (Lipinski definition) is 2. The molecule has 7 heavy (non-hydrogen) atoms. The van der Waals surface area contributed by atoms with Gasteiger partial charge in [0.15, 0.2) is 0 Å². The van der Waals surface area contributed by atoms with Gasteiger partial charge in [0.1, 0.15) is 0 Å². The van der Waals surface area contributed by atoms with Gasteiger partial charge in [0.05, 0.1) is 12.1 Å². The molecule has 0 aromatic rings. The molecule has 0 aromatic heterocycles. The van der Waals surface area contributed by atoms with Gasteiger partial charge < -0.3 is 10.8 Å². The van der Waals surface area contributed by atoms with Gasteiger partial charge in [-0.05, 0) is 12.7 Å². The van der Waals surface area contributed by atoms with E-state index in [4.69, 9.17) is 10.8 Å². The molecular formula is C4H10NOP. The van der Waals surface area contributed by atoms with Crippen molar-refractivity contribution in [2.24, 2.45) is 5.73 Å². The minimum atomic E-state index is -0.461. The fraction of sp³-hybridized carbons (Fsp3) is 0.750. The highest BCUT2D eigenvalue weighted by molar-refractivity contribution is 7.18. The van der Waals surface area contributed by atoms with Crippen molar-refractivity contribution in [3.8, 4) is 0 Å². The number of nitrogens with two attached hydrogens (primary N) is 1. The Morgan fingerprint density at radius 2 is 2.29 bits per heavy atom. The minimum Gasteiger partial charge on any atom is -0.391 e. The Morgan fingerprint density at radius 3 is 2.29 bits per heavy atom. The van der Waals surface area contributed by atoms with E-state index in [2.05, 4.69) is 8.86 Å².